The minimum Gasteiger partial charge on any atom is -0.371 e. The van der Waals surface area contributed by atoms with Crippen LogP contribution in [0.15, 0.2) is 6.33 Å². The summed E-state index contributed by atoms with van der Waals surface area (Å²) in [5.41, 5.74) is 2.55. The van der Waals surface area contributed by atoms with Crippen LogP contribution in [0, 0.1) is 5.92 Å². The number of hydrogen-bond acceptors (Lipinski definition) is 4. The van der Waals surface area contributed by atoms with Crippen molar-refractivity contribution in [2.75, 3.05) is 11.9 Å². The first-order valence-electron chi connectivity index (χ1n) is 6.71. The molecule has 18 heavy (non-hydrogen) atoms. The summed E-state index contributed by atoms with van der Waals surface area (Å²) in [6.45, 7) is 5.47. The zero-order valence-electron chi connectivity index (χ0n) is 11.0. The summed E-state index contributed by atoms with van der Waals surface area (Å²) < 4.78 is 1.98. The largest absolute Gasteiger partial charge is 0.371 e. The second-order valence-corrected chi connectivity index (χ2v) is 5.35. The highest BCUT2D eigenvalue weighted by Gasteiger charge is 2.20. The summed E-state index contributed by atoms with van der Waals surface area (Å²) in [6, 6.07) is 0. The van der Waals surface area contributed by atoms with E-state index in [1.807, 2.05) is 4.40 Å². The van der Waals surface area contributed by atoms with Crippen LogP contribution in [0.25, 0.3) is 5.78 Å². The summed E-state index contributed by atoms with van der Waals surface area (Å²) in [6.07, 6.45) is 6.29. The molecule has 3 rings (SSSR count). The standard InChI is InChI=1S/C13H19N5/c1-9(2)6-7-14-12-10-4-3-5-11(10)16-13-17-15-8-18(12)13/h8-9,14H,3-7H2,1-2H3. The van der Waals surface area contributed by atoms with E-state index in [1.54, 1.807) is 6.33 Å². The molecule has 96 valence electrons. The third-order valence-corrected chi connectivity index (χ3v) is 3.49. The molecule has 0 aromatic carbocycles. The fourth-order valence-corrected chi connectivity index (χ4v) is 2.51. The van der Waals surface area contributed by atoms with E-state index in [-0.39, 0.29) is 0 Å². The summed E-state index contributed by atoms with van der Waals surface area (Å²) in [7, 11) is 0. The molecular formula is C13H19N5. The van der Waals surface area contributed by atoms with E-state index < -0.39 is 0 Å². The average molecular weight is 245 g/mol. The highest BCUT2D eigenvalue weighted by molar-refractivity contribution is 5.54. The van der Waals surface area contributed by atoms with E-state index in [1.165, 1.54) is 24.1 Å². The predicted octanol–water partition coefficient (Wildman–Crippen LogP) is 2.07. The van der Waals surface area contributed by atoms with Crippen molar-refractivity contribution in [2.45, 2.75) is 39.5 Å². The van der Waals surface area contributed by atoms with Crippen LogP contribution in [0.4, 0.5) is 5.82 Å². The summed E-state index contributed by atoms with van der Waals surface area (Å²) in [5, 5.41) is 11.6. The third-order valence-electron chi connectivity index (χ3n) is 3.49. The number of aryl methyl sites for hydroxylation is 1. The minimum atomic E-state index is 0.711. The van der Waals surface area contributed by atoms with Crippen molar-refractivity contribution in [2.24, 2.45) is 5.92 Å². The van der Waals surface area contributed by atoms with Gasteiger partial charge in [-0.25, -0.2) is 4.98 Å². The number of nitrogens with one attached hydrogen (secondary N) is 1. The van der Waals surface area contributed by atoms with Crippen LogP contribution in [0.2, 0.25) is 0 Å². The molecule has 2 aromatic rings. The van der Waals surface area contributed by atoms with Crippen molar-refractivity contribution in [3.05, 3.63) is 17.6 Å². The SMILES string of the molecule is CC(C)CCNc1c2c(nc3nncn13)CCC2. The highest BCUT2D eigenvalue weighted by Crippen LogP contribution is 2.28. The molecule has 0 amide bonds. The van der Waals surface area contributed by atoms with Crippen LogP contribution < -0.4 is 5.32 Å². The molecule has 1 aliphatic rings. The number of nitrogens with zero attached hydrogens (tertiary/aromatic N) is 4. The molecule has 5 nitrogen and oxygen atoms in total. The molecule has 0 saturated heterocycles. The monoisotopic (exact) mass is 245 g/mol. The van der Waals surface area contributed by atoms with Gasteiger partial charge in [-0.15, -0.1) is 10.2 Å². The van der Waals surface area contributed by atoms with Gasteiger partial charge in [-0.05, 0) is 31.6 Å². The van der Waals surface area contributed by atoms with Crippen LogP contribution in [0.3, 0.4) is 0 Å². The molecule has 0 fully saturated rings. The lowest BCUT2D eigenvalue weighted by molar-refractivity contribution is 0.606. The number of anilines is 1. The van der Waals surface area contributed by atoms with Gasteiger partial charge in [0.2, 0.25) is 0 Å². The van der Waals surface area contributed by atoms with Crippen molar-refractivity contribution < 1.29 is 0 Å². The Balaban J connectivity index is 1.95. The molecule has 2 aromatic heterocycles. The molecule has 0 spiro atoms. The second kappa shape index (κ2) is 4.55. The van der Waals surface area contributed by atoms with E-state index in [4.69, 9.17) is 0 Å². The Morgan fingerprint density at radius 2 is 2.28 bits per heavy atom. The Morgan fingerprint density at radius 3 is 3.11 bits per heavy atom. The van der Waals surface area contributed by atoms with Gasteiger partial charge in [-0.2, -0.15) is 0 Å². The van der Waals surface area contributed by atoms with Crippen LogP contribution in [0.5, 0.6) is 0 Å². The molecule has 0 radical (unpaired) electrons. The second-order valence-electron chi connectivity index (χ2n) is 5.35. The van der Waals surface area contributed by atoms with Crippen LogP contribution in [-0.2, 0) is 12.8 Å². The molecule has 0 saturated carbocycles. The summed E-state index contributed by atoms with van der Waals surface area (Å²) in [4.78, 5) is 4.57. The van der Waals surface area contributed by atoms with E-state index in [0.717, 1.165) is 25.2 Å². The zero-order chi connectivity index (χ0) is 12.5. The van der Waals surface area contributed by atoms with Gasteiger partial charge in [0.25, 0.3) is 5.78 Å². The Bertz CT molecular complexity index is 558. The van der Waals surface area contributed by atoms with Crippen molar-refractivity contribution in [1.82, 2.24) is 19.6 Å². The smallest absolute Gasteiger partial charge is 0.256 e. The topological polar surface area (TPSA) is 55.1 Å². The van der Waals surface area contributed by atoms with Crippen molar-refractivity contribution >= 4 is 11.6 Å². The maximum Gasteiger partial charge on any atom is 0.256 e. The summed E-state index contributed by atoms with van der Waals surface area (Å²) in [5.74, 6) is 2.57. The van der Waals surface area contributed by atoms with Gasteiger partial charge < -0.3 is 5.32 Å². The predicted molar refractivity (Wildman–Crippen MR) is 70.8 cm³/mol. The number of hydrogen-bond donors (Lipinski definition) is 1. The van der Waals surface area contributed by atoms with Crippen LogP contribution >= 0.6 is 0 Å². The number of aromatic nitrogens is 4. The first-order valence-corrected chi connectivity index (χ1v) is 6.71. The number of rotatable bonds is 4. The zero-order valence-corrected chi connectivity index (χ0v) is 11.0. The molecule has 1 N–H and O–H groups in total. The first-order chi connectivity index (χ1) is 8.75. The Labute approximate surface area is 107 Å². The van der Waals surface area contributed by atoms with E-state index in [0.29, 0.717) is 11.7 Å². The fraction of sp³-hybridized carbons (Fsp3) is 0.615. The van der Waals surface area contributed by atoms with E-state index >= 15 is 0 Å². The Morgan fingerprint density at radius 1 is 1.39 bits per heavy atom. The minimum absolute atomic E-state index is 0.711. The van der Waals surface area contributed by atoms with Crippen molar-refractivity contribution in [3.8, 4) is 0 Å². The molecule has 2 heterocycles. The lowest BCUT2D eigenvalue weighted by atomic mass is 10.1. The number of fused-ring (bicyclic) bond motifs is 2. The van der Waals surface area contributed by atoms with Gasteiger partial charge in [-0.3, -0.25) is 4.40 Å². The van der Waals surface area contributed by atoms with Crippen molar-refractivity contribution in [3.63, 3.8) is 0 Å². The molecule has 1 aliphatic carbocycles. The Hall–Kier alpha value is -1.65. The maximum atomic E-state index is 4.57. The molecule has 0 atom stereocenters. The molecular weight excluding hydrogens is 226 g/mol. The molecule has 5 heteroatoms. The van der Waals surface area contributed by atoms with Gasteiger partial charge in [0.05, 0.1) is 5.69 Å². The van der Waals surface area contributed by atoms with Crippen molar-refractivity contribution in [1.29, 1.82) is 0 Å². The highest BCUT2D eigenvalue weighted by atomic mass is 15.3. The third kappa shape index (κ3) is 1.94. The van der Waals surface area contributed by atoms with Gasteiger partial charge in [0, 0.05) is 12.1 Å². The van der Waals surface area contributed by atoms with Gasteiger partial charge in [0.1, 0.15) is 12.1 Å². The molecule has 0 unspecified atom stereocenters. The van der Waals surface area contributed by atoms with E-state index in [9.17, 15) is 0 Å². The molecule has 0 aliphatic heterocycles. The van der Waals surface area contributed by atoms with E-state index in [2.05, 4.69) is 34.3 Å². The lowest BCUT2D eigenvalue weighted by Crippen LogP contribution is -2.11. The van der Waals surface area contributed by atoms with Crippen LogP contribution in [-0.4, -0.2) is 26.1 Å². The fourth-order valence-electron chi connectivity index (χ4n) is 2.51. The summed E-state index contributed by atoms with van der Waals surface area (Å²) >= 11 is 0. The first kappa shape index (κ1) is 11.4. The average Bonchev–Trinajstić information content (AvgIpc) is 2.95. The van der Waals surface area contributed by atoms with Gasteiger partial charge in [-0.1, -0.05) is 13.8 Å². The maximum absolute atomic E-state index is 4.57. The van der Waals surface area contributed by atoms with Gasteiger partial charge >= 0.3 is 0 Å². The quantitative estimate of drug-likeness (QED) is 0.896. The lowest BCUT2D eigenvalue weighted by Gasteiger charge is -2.13. The molecule has 0 bridgehead atoms. The van der Waals surface area contributed by atoms with Crippen LogP contribution in [0.1, 0.15) is 37.9 Å². The Kier molecular flexibility index (Phi) is 2.89. The normalized spacial score (nSPS) is 14.4. The van der Waals surface area contributed by atoms with Gasteiger partial charge in [0.15, 0.2) is 0 Å².